The maximum atomic E-state index is 9.19. The minimum absolute atomic E-state index is 0.177. The molecule has 1 atom stereocenters. The highest BCUT2D eigenvalue weighted by molar-refractivity contribution is 9.10. The van der Waals surface area contributed by atoms with Gasteiger partial charge in [0.25, 0.3) is 0 Å². The summed E-state index contributed by atoms with van der Waals surface area (Å²) in [4.78, 5) is 0. The third kappa shape index (κ3) is 7.18. The van der Waals surface area contributed by atoms with Crippen molar-refractivity contribution in [1.82, 2.24) is 4.31 Å². The van der Waals surface area contributed by atoms with E-state index in [1.54, 1.807) is 0 Å². The monoisotopic (exact) mass is 373 g/mol. The van der Waals surface area contributed by atoms with E-state index in [-0.39, 0.29) is 11.4 Å². The number of rotatable bonds is 8. The highest BCUT2D eigenvalue weighted by Crippen LogP contribution is 2.37. The van der Waals surface area contributed by atoms with E-state index >= 15 is 0 Å². The van der Waals surface area contributed by atoms with Crippen LogP contribution in [0.2, 0.25) is 0 Å². The van der Waals surface area contributed by atoms with Crippen molar-refractivity contribution >= 4 is 27.9 Å². The van der Waals surface area contributed by atoms with Gasteiger partial charge in [-0.3, -0.25) is 0 Å². The first-order valence-electron chi connectivity index (χ1n) is 7.69. The topological polar surface area (TPSA) is 23.5 Å². The molecule has 120 valence electrons. The smallest absolute Gasteiger partial charge is 0.0452 e. The number of benzene rings is 1. The number of hydrogen-bond acceptors (Lipinski definition) is 3. The molecule has 4 heteroatoms. The SMILES string of the molecule is CCCC(c1ccc(Br)cc1)N(CCCO)SC(C)(C)C. The van der Waals surface area contributed by atoms with Crippen molar-refractivity contribution in [3.8, 4) is 0 Å². The fourth-order valence-corrected chi connectivity index (χ4v) is 3.82. The fraction of sp³-hybridized carbons (Fsp3) is 0.647. The largest absolute Gasteiger partial charge is 0.396 e. The van der Waals surface area contributed by atoms with Crippen LogP contribution in [0.5, 0.6) is 0 Å². The number of hydrogen-bond donors (Lipinski definition) is 1. The van der Waals surface area contributed by atoms with Crippen molar-refractivity contribution < 1.29 is 5.11 Å². The van der Waals surface area contributed by atoms with Crippen molar-refractivity contribution in [3.05, 3.63) is 34.3 Å². The standard InChI is InChI=1S/C17H28BrNOS/c1-5-7-16(14-8-10-15(18)11-9-14)19(12-6-13-20)21-17(2,3)4/h8-11,16,20H,5-7,12-13H2,1-4H3. The molecule has 2 nitrogen and oxygen atoms in total. The first-order valence-corrected chi connectivity index (χ1v) is 9.26. The Hall–Kier alpha value is -0.0300. The van der Waals surface area contributed by atoms with Crippen LogP contribution in [-0.2, 0) is 0 Å². The molecule has 0 aliphatic heterocycles. The summed E-state index contributed by atoms with van der Waals surface area (Å²) in [7, 11) is 0. The quantitative estimate of drug-likeness (QED) is 0.615. The second-order valence-corrected chi connectivity index (χ2v) is 9.07. The van der Waals surface area contributed by atoms with E-state index in [1.807, 2.05) is 11.9 Å². The summed E-state index contributed by atoms with van der Waals surface area (Å²) in [5, 5.41) is 9.19. The van der Waals surface area contributed by atoms with Gasteiger partial charge in [0.05, 0.1) is 0 Å². The summed E-state index contributed by atoms with van der Waals surface area (Å²) in [5.41, 5.74) is 1.36. The van der Waals surface area contributed by atoms with Crippen LogP contribution in [0.4, 0.5) is 0 Å². The van der Waals surface area contributed by atoms with Crippen molar-refractivity contribution in [2.24, 2.45) is 0 Å². The summed E-state index contributed by atoms with van der Waals surface area (Å²) in [6, 6.07) is 9.05. The van der Waals surface area contributed by atoms with Crippen LogP contribution in [0, 0.1) is 0 Å². The summed E-state index contributed by atoms with van der Waals surface area (Å²) in [6.07, 6.45) is 3.11. The molecule has 0 aliphatic carbocycles. The predicted octanol–water partition coefficient (Wildman–Crippen LogP) is 5.42. The van der Waals surface area contributed by atoms with Crippen LogP contribution in [0.15, 0.2) is 28.7 Å². The van der Waals surface area contributed by atoms with E-state index in [0.29, 0.717) is 6.04 Å². The van der Waals surface area contributed by atoms with Gasteiger partial charge in [-0.25, -0.2) is 4.31 Å². The van der Waals surface area contributed by atoms with Gasteiger partial charge in [-0.05, 0) is 51.3 Å². The lowest BCUT2D eigenvalue weighted by atomic mass is 10.0. The molecule has 1 unspecified atom stereocenters. The van der Waals surface area contributed by atoms with E-state index in [2.05, 4.69) is 72.2 Å². The molecule has 0 radical (unpaired) electrons. The number of aliphatic hydroxyl groups excluding tert-OH is 1. The van der Waals surface area contributed by atoms with Crippen LogP contribution in [-0.4, -0.2) is 27.3 Å². The zero-order valence-corrected chi connectivity index (χ0v) is 16.0. The second-order valence-electron chi connectivity index (χ2n) is 6.28. The minimum Gasteiger partial charge on any atom is -0.396 e. The van der Waals surface area contributed by atoms with Gasteiger partial charge in [0.1, 0.15) is 0 Å². The zero-order valence-electron chi connectivity index (χ0n) is 13.6. The molecule has 0 aromatic heterocycles. The average molecular weight is 374 g/mol. The van der Waals surface area contributed by atoms with Gasteiger partial charge >= 0.3 is 0 Å². The average Bonchev–Trinajstić information content (AvgIpc) is 2.41. The van der Waals surface area contributed by atoms with E-state index in [4.69, 9.17) is 0 Å². The second kappa shape index (κ2) is 9.19. The highest BCUT2D eigenvalue weighted by atomic mass is 79.9. The van der Waals surface area contributed by atoms with Crippen LogP contribution in [0.25, 0.3) is 0 Å². The molecule has 0 aliphatic rings. The molecule has 0 saturated carbocycles. The van der Waals surface area contributed by atoms with E-state index in [0.717, 1.165) is 30.3 Å². The normalized spacial score (nSPS) is 13.7. The molecule has 0 saturated heterocycles. The highest BCUT2D eigenvalue weighted by Gasteiger charge is 2.25. The zero-order chi connectivity index (χ0) is 15.9. The molecule has 1 rings (SSSR count). The van der Waals surface area contributed by atoms with Gasteiger partial charge in [0.2, 0.25) is 0 Å². The maximum absolute atomic E-state index is 9.19. The van der Waals surface area contributed by atoms with Gasteiger partial charge in [0.15, 0.2) is 0 Å². The van der Waals surface area contributed by atoms with Crippen LogP contribution in [0.3, 0.4) is 0 Å². The Morgan fingerprint density at radius 3 is 2.33 bits per heavy atom. The Morgan fingerprint density at radius 1 is 1.24 bits per heavy atom. The molecule has 0 amide bonds. The molecular weight excluding hydrogens is 346 g/mol. The van der Waals surface area contributed by atoms with Crippen molar-refractivity contribution in [2.45, 2.75) is 57.7 Å². The van der Waals surface area contributed by atoms with Crippen molar-refractivity contribution in [2.75, 3.05) is 13.2 Å². The predicted molar refractivity (Wildman–Crippen MR) is 97.5 cm³/mol. The number of halogens is 1. The van der Waals surface area contributed by atoms with Crippen molar-refractivity contribution in [1.29, 1.82) is 0 Å². The van der Waals surface area contributed by atoms with Crippen molar-refractivity contribution in [3.63, 3.8) is 0 Å². The lowest BCUT2D eigenvalue weighted by Crippen LogP contribution is -2.29. The van der Waals surface area contributed by atoms with Crippen LogP contribution < -0.4 is 0 Å². The molecule has 1 aromatic carbocycles. The Labute approximate surface area is 142 Å². The van der Waals surface area contributed by atoms with Crippen LogP contribution >= 0.6 is 27.9 Å². The first kappa shape index (κ1) is 19.0. The summed E-state index contributed by atoms with van der Waals surface area (Å²) >= 11 is 5.41. The first-order chi connectivity index (χ1) is 9.87. The van der Waals surface area contributed by atoms with E-state index in [1.165, 1.54) is 5.56 Å². The molecule has 0 fully saturated rings. The van der Waals surface area contributed by atoms with Crippen LogP contribution in [0.1, 0.15) is 58.6 Å². The Morgan fingerprint density at radius 2 is 1.86 bits per heavy atom. The number of nitrogens with zero attached hydrogens (tertiary/aromatic N) is 1. The third-order valence-corrected chi connectivity index (χ3v) is 4.84. The molecule has 0 spiro atoms. The Bertz CT molecular complexity index is 402. The third-order valence-electron chi connectivity index (χ3n) is 3.09. The maximum Gasteiger partial charge on any atom is 0.0452 e. The molecule has 0 heterocycles. The lowest BCUT2D eigenvalue weighted by molar-refractivity contribution is 0.253. The molecular formula is C17H28BrNOS. The summed E-state index contributed by atoms with van der Waals surface area (Å²) in [5.74, 6) is 0. The van der Waals surface area contributed by atoms with Gasteiger partial charge in [-0.2, -0.15) is 0 Å². The fourth-order valence-electron chi connectivity index (χ4n) is 2.28. The molecule has 1 N–H and O–H groups in total. The Balaban J connectivity index is 2.97. The van der Waals surface area contributed by atoms with Gasteiger partial charge < -0.3 is 5.11 Å². The lowest BCUT2D eigenvalue weighted by Gasteiger charge is -2.35. The van der Waals surface area contributed by atoms with Gasteiger partial charge in [-0.15, -0.1) is 0 Å². The summed E-state index contributed by atoms with van der Waals surface area (Å²) in [6.45, 7) is 10.1. The Kier molecular flexibility index (Phi) is 8.32. The number of aliphatic hydroxyl groups is 1. The molecule has 0 bridgehead atoms. The minimum atomic E-state index is 0.177. The van der Waals surface area contributed by atoms with Gasteiger partial charge in [0, 0.05) is 28.4 Å². The van der Waals surface area contributed by atoms with E-state index in [9.17, 15) is 5.11 Å². The van der Waals surface area contributed by atoms with Gasteiger partial charge in [-0.1, -0.05) is 53.4 Å². The van der Waals surface area contributed by atoms with E-state index < -0.39 is 0 Å². The summed E-state index contributed by atoms with van der Waals surface area (Å²) < 4.78 is 3.76. The molecule has 1 aromatic rings. The molecule has 21 heavy (non-hydrogen) atoms.